The molecule has 0 atom stereocenters. The number of fused-ring (bicyclic) bond motifs is 5. The second-order valence-electron chi connectivity index (χ2n) is 16.5. The Morgan fingerprint density at radius 1 is 0.266 bits per heavy atom. The number of rotatable bonds is 8. The fourth-order valence-corrected chi connectivity index (χ4v) is 9.78. The van der Waals surface area contributed by atoms with Crippen molar-refractivity contribution in [2.75, 3.05) is 4.90 Å². The summed E-state index contributed by atoms with van der Waals surface area (Å²) < 4.78 is 2.40. The predicted molar refractivity (Wildman–Crippen MR) is 272 cm³/mol. The first-order valence-corrected chi connectivity index (χ1v) is 22.0. The minimum atomic E-state index is 1.07. The van der Waals surface area contributed by atoms with Gasteiger partial charge in [-0.2, -0.15) is 0 Å². The molecule has 2 heteroatoms. The van der Waals surface area contributed by atoms with Crippen LogP contribution < -0.4 is 4.90 Å². The molecule has 0 radical (unpaired) electrons. The Hall–Kier alpha value is -8.46. The molecule has 0 spiro atoms. The van der Waals surface area contributed by atoms with E-state index in [4.69, 9.17) is 0 Å². The monoisotopic (exact) mass is 814 g/mol. The van der Waals surface area contributed by atoms with Crippen LogP contribution in [0.15, 0.2) is 255 Å². The van der Waals surface area contributed by atoms with Crippen LogP contribution in [0, 0.1) is 0 Å². The van der Waals surface area contributed by atoms with E-state index in [0.717, 1.165) is 50.6 Å². The molecule has 0 aliphatic rings. The van der Waals surface area contributed by atoms with Gasteiger partial charge in [-0.25, -0.2) is 0 Å². The van der Waals surface area contributed by atoms with Crippen molar-refractivity contribution >= 4 is 60.4 Å². The summed E-state index contributed by atoms with van der Waals surface area (Å²) in [5, 5.41) is 7.44. The maximum absolute atomic E-state index is 2.46. The Balaban J connectivity index is 1.08. The van der Waals surface area contributed by atoms with Crippen molar-refractivity contribution in [1.82, 2.24) is 4.57 Å². The molecule has 0 amide bonds. The summed E-state index contributed by atoms with van der Waals surface area (Å²) in [6.07, 6.45) is 0. The average molecular weight is 815 g/mol. The van der Waals surface area contributed by atoms with Gasteiger partial charge in [0.15, 0.2) is 0 Å². The smallest absolute Gasteiger partial charge is 0.0541 e. The van der Waals surface area contributed by atoms with Gasteiger partial charge in [0.05, 0.1) is 16.7 Å². The lowest BCUT2D eigenvalue weighted by molar-refractivity contribution is 1.18. The summed E-state index contributed by atoms with van der Waals surface area (Å²) in [6.45, 7) is 0. The molecular weight excluding hydrogens is 773 g/mol. The molecular formula is C62H42N2. The number of hydrogen-bond acceptors (Lipinski definition) is 1. The number of benzene rings is 11. The Labute approximate surface area is 373 Å². The lowest BCUT2D eigenvalue weighted by Crippen LogP contribution is -2.11. The molecule has 2 nitrogen and oxygen atoms in total. The number of para-hydroxylation sites is 3. The van der Waals surface area contributed by atoms with Gasteiger partial charge in [0.25, 0.3) is 0 Å². The summed E-state index contributed by atoms with van der Waals surface area (Å²) in [4.78, 5) is 2.46. The molecule has 12 rings (SSSR count). The van der Waals surface area contributed by atoms with Gasteiger partial charge in [-0.1, -0.05) is 194 Å². The number of nitrogens with zero attached hydrogens (tertiary/aromatic N) is 2. The number of hydrogen-bond donors (Lipinski definition) is 0. The highest BCUT2D eigenvalue weighted by atomic mass is 15.1. The van der Waals surface area contributed by atoms with E-state index in [9.17, 15) is 0 Å². The van der Waals surface area contributed by atoms with Gasteiger partial charge < -0.3 is 9.47 Å². The van der Waals surface area contributed by atoms with Crippen molar-refractivity contribution < 1.29 is 0 Å². The molecule has 64 heavy (non-hydrogen) atoms. The van der Waals surface area contributed by atoms with E-state index in [1.807, 2.05) is 0 Å². The van der Waals surface area contributed by atoms with Crippen LogP contribution in [0.4, 0.5) is 17.1 Å². The fourth-order valence-electron chi connectivity index (χ4n) is 9.78. The van der Waals surface area contributed by atoms with E-state index in [-0.39, 0.29) is 0 Å². The van der Waals surface area contributed by atoms with E-state index in [1.54, 1.807) is 0 Å². The third-order valence-electron chi connectivity index (χ3n) is 12.8. The summed E-state index contributed by atoms with van der Waals surface area (Å²) in [6, 6.07) is 92.9. The summed E-state index contributed by atoms with van der Waals surface area (Å²) in [7, 11) is 0. The van der Waals surface area contributed by atoms with Crippen molar-refractivity contribution in [2.24, 2.45) is 0 Å². The third-order valence-corrected chi connectivity index (χ3v) is 12.8. The van der Waals surface area contributed by atoms with Crippen molar-refractivity contribution in [2.45, 2.75) is 0 Å². The van der Waals surface area contributed by atoms with Crippen LogP contribution in [0.5, 0.6) is 0 Å². The van der Waals surface area contributed by atoms with Crippen LogP contribution in [0.25, 0.3) is 93.5 Å². The van der Waals surface area contributed by atoms with E-state index in [2.05, 4.69) is 264 Å². The molecule has 0 fully saturated rings. The molecule has 0 N–H and O–H groups in total. The molecule has 1 aromatic heterocycles. The lowest BCUT2D eigenvalue weighted by Gasteiger charge is -2.29. The fraction of sp³-hybridized carbons (Fsp3) is 0. The van der Waals surface area contributed by atoms with Gasteiger partial charge >= 0.3 is 0 Å². The van der Waals surface area contributed by atoms with Crippen LogP contribution in [0.3, 0.4) is 0 Å². The maximum atomic E-state index is 2.46. The molecule has 12 aromatic rings. The van der Waals surface area contributed by atoms with Crippen molar-refractivity contribution in [1.29, 1.82) is 0 Å². The van der Waals surface area contributed by atoms with E-state index < -0.39 is 0 Å². The second kappa shape index (κ2) is 15.8. The molecule has 0 aliphatic carbocycles. The first kappa shape index (κ1) is 37.3. The zero-order valence-electron chi connectivity index (χ0n) is 35.1. The summed E-state index contributed by atoms with van der Waals surface area (Å²) in [5.74, 6) is 0. The quantitative estimate of drug-likeness (QED) is 0.148. The topological polar surface area (TPSA) is 8.17 Å². The minimum Gasteiger partial charge on any atom is -0.310 e. The molecule has 0 saturated carbocycles. The van der Waals surface area contributed by atoms with Gasteiger partial charge in [-0.05, 0) is 121 Å². The second-order valence-corrected chi connectivity index (χ2v) is 16.5. The molecule has 0 aliphatic heterocycles. The zero-order valence-corrected chi connectivity index (χ0v) is 35.1. The normalized spacial score (nSPS) is 11.4. The standard InChI is InChI=1S/C62H42N2/c1-2-17-43(18-3-1)48-39-49(47-23-14-24-51(40-47)64-61-33-12-9-28-58(61)59-29-10-13-34-62(59)64)42-52(41-48)63(50-37-35-46(36-38-50)54-30-15-21-44-19-4-6-25-53(44)54)60-32-11-8-27-57(60)56-31-16-22-45-20-5-7-26-55(45)56/h1-42H. The van der Waals surface area contributed by atoms with E-state index in [0.29, 0.717) is 0 Å². The maximum Gasteiger partial charge on any atom is 0.0541 e. The Morgan fingerprint density at radius 2 is 0.766 bits per heavy atom. The highest BCUT2D eigenvalue weighted by molar-refractivity contribution is 6.09. The number of anilines is 3. The molecule has 11 aromatic carbocycles. The Bertz CT molecular complexity index is 3610. The van der Waals surface area contributed by atoms with Gasteiger partial charge in [-0.3, -0.25) is 0 Å². The van der Waals surface area contributed by atoms with Crippen LogP contribution in [0.2, 0.25) is 0 Å². The zero-order chi connectivity index (χ0) is 42.4. The highest BCUT2D eigenvalue weighted by Gasteiger charge is 2.21. The summed E-state index contributed by atoms with van der Waals surface area (Å²) >= 11 is 0. The largest absolute Gasteiger partial charge is 0.310 e. The first-order valence-electron chi connectivity index (χ1n) is 22.0. The predicted octanol–water partition coefficient (Wildman–Crippen LogP) is 17.2. The van der Waals surface area contributed by atoms with Crippen LogP contribution >= 0.6 is 0 Å². The lowest BCUT2D eigenvalue weighted by atomic mass is 9.94. The third kappa shape index (κ3) is 6.52. The molecule has 1 heterocycles. The highest BCUT2D eigenvalue weighted by Crippen LogP contribution is 2.46. The molecule has 300 valence electrons. The van der Waals surface area contributed by atoms with E-state index in [1.165, 1.54) is 60.0 Å². The average Bonchev–Trinajstić information content (AvgIpc) is 3.71. The van der Waals surface area contributed by atoms with Crippen LogP contribution in [-0.4, -0.2) is 4.57 Å². The van der Waals surface area contributed by atoms with Gasteiger partial charge in [0, 0.05) is 33.4 Å². The van der Waals surface area contributed by atoms with Gasteiger partial charge in [0.1, 0.15) is 0 Å². The van der Waals surface area contributed by atoms with E-state index >= 15 is 0 Å². The van der Waals surface area contributed by atoms with Gasteiger partial charge in [0.2, 0.25) is 0 Å². The summed E-state index contributed by atoms with van der Waals surface area (Å²) in [5.41, 5.74) is 16.1. The van der Waals surface area contributed by atoms with Crippen LogP contribution in [-0.2, 0) is 0 Å². The SMILES string of the molecule is c1ccc(-c2cc(-c3cccc(-n4c5ccccc5c5ccccc54)c3)cc(N(c3ccc(-c4cccc5ccccc45)cc3)c3ccccc3-c3cccc4ccccc34)c2)cc1. The van der Waals surface area contributed by atoms with Crippen molar-refractivity contribution in [3.05, 3.63) is 255 Å². The molecule has 0 bridgehead atoms. The molecule has 0 saturated heterocycles. The Morgan fingerprint density at radius 3 is 1.47 bits per heavy atom. The van der Waals surface area contributed by atoms with Crippen molar-refractivity contribution in [3.8, 4) is 50.2 Å². The number of aromatic nitrogens is 1. The van der Waals surface area contributed by atoms with Crippen LogP contribution in [0.1, 0.15) is 0 Å². The first-order chi connectivity index (χ1) is 31.7. The Kier molecular flexibility index (Phi) is 9.20. The van der Waals surface area contributed by atoms with Gasteiger partial charge in [-0.15, -0.1) is 0 Å². The van der Waals surface area contributed by atoms with Crippen molar-refractivity contribution in [3.63, 3.8) is 0 Å². The minimum absolute atomic E-state index is 1.07. The molecule has 0 unspecified atom stereocenters.